The van der Waals surface area contributed by atoms with Crippen molar-refractivity contribution in [1.29, 1.82) is 0 Å². The summed E-state index contributed by atoms with van der Waals surface area (Å²) in [6.07, 6.45) is 1.69. The highest BCUT2D eigenvalue weighted by atomic mass is 16.2. The lowest BCUT2D eigenvalue weighted by atomic mass is 10.2. The van der Waals surface area contributed by atoms with Crippen LogP contribution < -0.4 is 15.5 Å². The molecule has 0 fully saturated rings. The lowest BCUT2D eigenvalue weighted by molar-refractivity contribution is -0.117. The highest BCUT2D eigenvalue weighted by Gasteiger charge is 2.20. The van der Waals surface area contributed by atoms with E-state index in [4.69, 9.17) is 5.73 Å². The molecule has 0 saturated carbocycles. The maximum Gasteiger partial charge on any atom is 0.276 e. The first-order chi connectivity index (χ1) is 11.0. The largest absolute Gasteiger partial charge is 0.378 e. The Bertz CT molecular complexity index is 686. The molecule has 0 aliphatic rings. The summed E-state index contributed by atoms with van der Waals surface area (Å²) in [5, 5.41) is 0. The number of anilines is 2. The van der Waals surface area contributed by atoms with Gasteiger partial charge in [0.15, 0.2) is 0 Å². The number of pyridine rings is 1. The van der Waals surface area contributed by atoms with Crippen molar-refractivity contribution in [2.75, 3.05) is 30.4 Å². The van der Waals surface area contributed by atoms with E-state index in [-0.39, 0.29) is 18.9 Å². The summed E-state index contributed by atoms with van der Waals surface area (Å²) in [5.41, 5.74) is 7.13. The van der Waals surface area contributed by atoms with Gasteiger partial charge in [0.25, 0.3) is 5.91 Å². The fourth-order valence-corrected chi connectivity index (χ4v) is 2.13. The predicted octanol–water partition coefficient (Wildman–Crippen LogP) is 1.67. The molecule has 2 N–H and O–H groups in total. The molecule has 0 aliphatic carbocycles. The number of nitrogens with zero attached hydrogens (tertiary/aromatic N) is 3. The normalized spacial score (nSPS) is 10.2. The van der Waals surface area contributed by atoms with E-state index in [2.05, 4.69) is 4.98 Å². The minimum Gasteiger partial charge on any atom is -0.378 e. The highest BCUT2D eigenvalue weighted by molar-refractivity contribution is 6.05. The summed E-state index contributed by atoms with van der Waals surface area (Å²) in [7, 11) is 3.79. The van der Waals surface area contributed by atoms with Crippen molar-refractivity contribution in [2.45, 2.75) is 6.42 Å². The molecule has 1 heterocycles. The van der Waals surface area contributed by atoms with Gasteiger partial charge < -0.3 is 15.5 Å². The van der Waals surface area contributed by atoms with E-state index in [1.54, 1.807) is 12.3 Å². The molecule has 0 atom stereocenters. The van der Waals surface area contributed by atoms with Gasteiger partial charge >= 0.3 is 0 Å². The monoisotopic (exact) mass is 312 g/mol. The fraction of sp³-hybridized carbons (Fsp3) is 0.235. The molecule has 2 amide bonds. The van der Waals surface area contributed by atoms with Crippen LogP contribution in [0.25, 0.3) is 0 Å². The maximum absolute atomic E-state index is 12.8. The summed E-state index contributed by atoms with van der Waals surface area (Å²) >= 11 is 0. The highest BCUT2D eigenvalue weighted by Crippen LogP contribution is 2.18. The molecular weight excluding hydrogens is 292 g/mol. The maximum atomic E-state index is 12.8. The van der Waals surface area contributed by atoms with E-state index in [1.807, 2.05) is 55.4 Å². The Hall–Kier alpha value is -2.89. The van der Waals surface area contributed by atoms with E-state index in [0.29, 0.717) is 11.4 Å². The van der Waals surface area contributed by atoms with Gasteiger partial charge in [-0.25, -0.2) is 0 Å². The van der Waals surface area contributed by atoms with Crippen molar-refractivity contribution >= 4 is 23.2 Å². The van der Waals surface area contributed by atoms with Crippen LogP contribution in [-0.2, 0) is 4.79 Å². The summed E-state index contributed by atoms with van der Waals surface area (Å²) in [4.78, 5) is 31.5. The first-order valence-electron chi connectivity index (χ1n) is 7.27. The van der Waals surface area contributed by atoms with Crippen LogP contribution in [0.1, 0.15) is 16.9 Å². The summed E-state index contributed by atoms with van der Waals surface area (Å²) in [5.74, 6) is -0.713. The van der Waals surface area contributed by atoms with Crippen molar-refractivity contribution in [3.8, 4) is 0 Å². The van der Waals surface area contributed by atoms with Gasteiger partial charge in [-0.3, -0.25) is 14.6 Å². The first kappa shape index (κ1) is 16.5. The number of amides is 2. The van der Waals surface area contributed by atoms with E-state index >= 15 is 0 Å². The second-order valence-corrected chi connectivity index (χ2v) is 5.30. The van der Waals surface area contributed by atoms with Crippen molar-refractivity contribution in [1.82, 2.24) is 4.98 Å². The average Bonchev–Trinajstić information content (AvgIpc) is 2.55. The quantitative estimate of drug-likeness (QED) is 0.880. The number of para-hydroxylation sites is 1. The van der Waals surface area contributed by atoms with Gasteiger partial charge in [-0.2, -0.15) is 0 Å². The zero-order valence-electron chi connectivity index (χ0n) is 13.3. The molecule has 0 aliphatic heterocycles. The molecule has 0 radical (unpaired) electrons. The number of carbonyl (C=O) groups is 2. The minimum atomic E-state index is -0.450. The molecular formula is C17H20N4O2. The Balaban J connectivity index is 2.32. The van der Waals surface area contributed by atoms with Gasteiger partial charge in [0, 0.05) is 44.6 Å². The first-order valence-corrected chi connectivity index (χ1v) is 7.27. The van der Waals surface area contributed by atoms with Gasteiger partial charge in [-0.05, 0) is 24.3 Å². The van der Waals surface area contributed by atoms with E-state index in [0.717, 1.165) is 5.69 Å². The molecule has 0 saturated heterocycles. The third-order valence-corrected chi connectivity index (χ3v) is 3.37. The van der Waals surface area contributed by atoms with Crippen LogP contribution in [0.5, 0.6) is 0 Å². The predicted molar refractivity (Wildman–Crippen MR) is 90.5 cm³/mol. The lowest BCUT2D eigenvalue weighted by Crippen LogP contribution is -2.34. The van der Waals surface area contributed by atoms with Crippen molar-refractivity contribution in [3.05, 3.63) is 54.4 Å². The number of primary amides is 1. The van der Waals surface area contributed by atoms with Crippen molar-refractivity contribution in [3.63, 3.8) is 0 Å². The number of rotatable bonds is 6. The van der Waals surface area contributed by atoms with E-state index in [9.17, 15) is 9.59 Å². The van der Waals surface area contributed by atoms with Crippen LogP contribution in [0.15, 0.2) is 48.7 Å². The Kier molecular flexibility index (Phi) is 5.30. The van der Waals surface area contributed by atoms with Crippen LogP contribution in [0.2, 0.25) is 0 Å². The number of aromatic nitrogens is 1. The summed E-state index contributed by atoms with van der Waals surface area (Å²) < 4.78 is 0. The van der Waals surface area contributed by atoms with Gasteiger partial charge in [0.05, 0.1) is 0 Å². The standard InChI is InChI=1S/C17H20N4O2/c1-20(2)14-8-10-19-15(12-14)17(23)21(11-9-16(18)22)13-6-4-3-5-7-13/h3-8,10,12H,9,11H2,1-2H3,(H2,18,22). The second-order valence-electron chi connectivity index (χ2n) is 5.30. The third-order valence-electron chi connectivity index (χ3n) is 3.37. The van der Waals surface area contributed by atoms with Crippen LogP contribution >= 0.6 is 0 Å². The molecule has 1 aromatic heterocycles. The number of carbonyl (C=O) groups excluding carboxylic acids is 2. The number of hydrogen-bond donors (Lipinski definition) is 1. The van der Waals surface area contributed by atoms with E-state index in [1.165, 1.54) is 4.90 Å². The Morgan fingerprint density at radius 2 is 1.78 bits per heavy atom. The Morgan fingerprint density at radius 1 is 1.09 bits per heavy atom. The molecule has 23 heavy (non-hydrogen) atoms. The number of nitrogens with two attached hydrogens (primary N) is 1. The smallest absolute Gasteiger partial charge is 0.276 e. The lowest BCUT2D eigenvalue weighted by Gasteiger charge is -2.22. The van der Waals surface area contributed by atoms with Crippen LogP contribution in [-0.4, -0.2) is 37.4 Å². The molecule has 0 spiro atoms. The molecule has 0 unspecified atom stereocenters. The fourth-order valence-electron chi connectivity index (χ4n) is 2.13. The van der Waals surface area contributed by atoms with Gasteiger partial charge in [-0.1, -0.05) is 18.2 Å². The van der Waals surface area contributed by atoms with Crippen molar-refractivity contribution in [2.24, 2.45) is 5.73 Å². The summed E-state index contributed by atoms with van der Waals surface area (Å²) in [6.45, 7) is 0.214. The second kappa shape index (κ2) is 7.40. The topological polar surface area (TPSA) is 79.5 Å². The molecule has 2 aromatic rings. The van der Waals surface area contributed by atoms with Crippen molar-refractivity contribution < 1.29 is 9.59 Å². The average molecular weight is 312 g/mol. The molecule has 6 heteroatoms. The van der Waals surface area contributed by atoms with Gasteiger partial charge in [-0.15, -0.1) is 0 Å². The minimum absolute atomic E-state index is 0.0913. The van der Waals surface area contributed by atoms with Gasteiger partial charge in [0.1, 0.15) is 5.69 Å². The van der Waals surface area contributed by atoms with Crippen LogP contribution in [0.4, 0.5) is 11.4 Å². The molecule has 1 aromatic carbocycles. The number of benzene rings is 1. The zero-order valence-corrected chi connectivity index (χ0v) is 13.3. The number of hydrogen-bond acceptors (Lipinski definition) is 4. The Morgan fingerprint density at radius 3 is 2.39 bits per heavy atom. The third kappa shape index (κ3) is 4.29. The Labute approximate surface area is 135 Å². The SMILES string of the molecule is CN(C)c1ccnc(C(=O)N(CCC(N)=O)c2ccccc2)c1. The molecule has 120 valence electrons. The van der Waals surface area contributed by atoms with Gasteiger partial charge in [0.2, 0.25) is 5.91 Å². The van der Waals surface area contributed by atoms with E-state index < -0.39 is 5.91 Å². The molecule has 2 rings (SSSR count). The van der Waals surface area contributed by atoms with Crippen LogP contribution in [0.3, 0.4) is 0 Å². The molecule has 0 bridgehead atoms. The molecule has 6 nitrogen and oxygen atoms in total. The zero-order chi connectivity index (χ0) is 16.8. The summed E-state index contributed by atoms with van der Waals surface area (Å²) in [6, 6.07) is 12.7. The van der Waals surface area contributed by atoms with Crippen LogP contribution in [0, 0.1) is 0 Å².